The Morgan fingerprint density at radius 1 is 1.13 bits per heavy atom. The molecule has 0 spiro atoms. The molecule has 0 saturated heterocycles. The van der Waals surface area contributed by atoms with Crippen LogP contribution in [0.5, 0.6) is 0 Å². The number of thiazole rings is 1. The number of aryl methyl sites for hydroxylation is 1. The monoisotopic (exact) mass is 344 g/mol. The van der Waals surface area contributed by atoms with Crippen molar-refractivity contribution in [2.45, 2.75) is 6.92 Å². The van der Waals surface area contributed by atoms with E-state index in [9.17, 15) is 9.59 Å². The largest absolute Gasteiger partial charge is 0.288 e. The Labute approximate surface area is 140 Å². The van der Waals surface area contributed by atoms with Gasteiger partial charge in [-0.15, -0.1) is 11.3 Å². The number of nitrogens with zero attached hydrogens (tertiary/aromatic N) is 2. The smallest absolute Gasteiger partial charge is 0.266 e. The minimum absolute atomic E-state index is 0.229. The molecule has 3 heterocycles. The lowest BCUT2D eigenvalue weighted by molar-refractivity contribution is 0.0845. The van der Waals surface area contributed by atoms with E-state index >= 15 is 0 Å². The van der Waals surface area contributed by atoms with Gasteiger partial charge in [0, 0.05) is 17.1 Å². The number of pyridine rings is 1. The molecule has 0 atom stereocenters. The van der Waals surface area contributed by atoms with E-state index in [1.54, 1.807) is 36.5 Å². The predicted octanol–water partition coefficient (Wildman–Crippen LogP) is 2.65. The second-order valence-corrected chi connectivity index (χ2v) is 6.35. The molecule has 3 rings (SSSR count). The summed E-state index contributed by atoms with van der Waals surface area (Å²) in [6.45, 7) is 1.77. The van der Waals surface area contributed by atoms with Crippen molar-refractivity contribution in [1.29, 1.82) is 0 Å². The number of nitrogens with one attached hydrogen (secondary N) is 2. The third-order valence-electron chi connectivity index (χ3n) is 2.96. The summed E-state index contributed by atoms with van der Waals surface area (Å²) in [4.78, 5) is 32.8. The molecular formula is C15H12N4O2S2. The molecule has 0 aliphatic heterocycles. The zero-order valence-electron chi connectivity index (χ0n) is 12.1. The SMILES string of the molecule is Cc1nc(-c2ccsc2)sc1C(=O)NNC(=O)c1ccccn1. The van der Waals surface area contributed by atoms with Crippen molar-refractivity contribution in [3.63, 3.8) is 0 Å². The number of aromatic nitrogens is 2. The molecule has 0 radical (unpaired) electrons. The molecule has 6 nitrogen and oxygen atoms in total. The highest BCUT2D eigenvalue weighted by Gasteiger charge is 2.17. The fourth-order valence-corrected chi connectivity index (χ4v) is 3.52. The van der Waals surface area contributed by atoms with E-state index in [1.807, 2.05) is 16.8 Å². The third kappa shape index (κ3) is 3.43. The summed E-state index contributed by atoms with van der Waals surface area (Å²) < 4.78 is 0. The highest BCUT2D eigenvalue weighted by Crippen LogP contribution is 2.29. The van der Waals surface area contributed by atoms with Crippen molar-refractivity contribution >= 4 is 34.5 Å². The fourth-order valence-electron chi connectivity index (χ4n) is 1.85. The van der Waals surface area contributed by atoms with E-state index in [2.05, 4.69) is 20.8 Å². The summed E-state index contributed by atoms with van der Waals surface area (Å²) >= 11 is 2.86. The average Bonchev–Trinajstić information content (AvgIpc) is 3.22. The lowest BCUT2D eigenvalue weighted by Crippen LogP contribution is -2.41. The summed E-state index contributed by atoms with van der Waals surface area (Å²) in [7, 11) is 0. The van der Waals surface area contributed by atoms with Crippen LogP contribution >= 0.6 is 22.7 Å². The van der Waals surface area contributed by atoms with Crippen LogP contribution in [0.1, 0.15) is 25.9 Å². The molecule has 0 saturated carbocycles. The summed E-state index contributed by atoms with van der Waals surface area (Å²) in [6.07, 6.45) is 1.51. The van der Waals surface area contributed by atoms with Gasteiger partial charge < -0.3 is 0 Å². The Morgan fingerprint density at radius 2 is 1.96 bits per heavy atom. The van der Waals surface area contributed by atoms with Crippen LogP contribution < -0.4 is 10.9 Å². The van der Waals surface area contributed by atoms with Gasteiger partial charge in [0.05, 0.1) is 5.69 Å². The second kappa shape index (κ2) is 6.67. The molecule has 0 bridgehead atoms. The zero-order chi connectivity index (χ0) is 16.2. The summed E-state index contributed by atoms with van der Waals surface area (Å²) in [5, 5.41) is 4.71. The molecule has 2 amide bonds. The normalized spacial score (nSPS) is 10.3. The maximum Gasteiger partial charge on any atom is 0.288 e. The van der Waals surface area contributed by atoms with Crippen LogP contribution in [0.25, 0.3) is 10.6 Å². The highest BCUT2D eigenvalue weighted by molar-refractivity contribution is 7.17. The van der Waals surface area contributed by atoms with E-state index in [0.29, 0.717) is 10.6 Å². The number of hydrogen-bond acceptors (Lipinski definition) is 6. The fraction of sp³-hybridized carbons (Fsp3) is 0.0667. The van der Waals surface area contributed by atoms with Crippen molar-refractivity contribution in [1.82, 2.24) is 20.8 Å². The molecule has 2 N–H and O–H groups in total. The van der Waals surface area contributed by atoms with Gasteiger partial charge in [0.2, 0.25) is 0 Å². The molecule has 0 unspecified atom stereocenters. The Hall–Kier alpha value is -2.58. The Balaban J connectivity index is 1.68. The van der Waals surface area contributed by atoms with Crippen molar-refractivity contribution in [2.24, 2.45) is 0 Å². The number of carbonyl (C=O) groups is 2. The number of hydrogen-bond donors (Lipinski definition) is 2. The van der Waals surface area contributed by atoms with Crippen molar-refractivity contribution in [3.8, 4) is 10.6 Å². The molecule has 8 heteroatoms. The molecular weight excluding hydrogens is 332 g/mol. The van der Waals surface area contributed by atoms with Gasteiger partial charge >= 0.3 is 0 Å². The van der Waals surface area contributed by atoms with Crippen LogP contribution in [0.3, 0.4) is 0 Å². The van der Waals surface area contributed by atoms with Gasteiger partial charge in [-0.05, 0) is 30.5 Å². The molecule has 0 aromatic carbocycles. The first kappa shape index (κ1) is 15.3. The maximum absolute atomic E-state index is 12.2. The number of hydrazine groups is 1. The first-order chi connectivity index (χ1) is 11.1. The van der Waals surface area contributed by atoms with Crippen LogP contribution in [0, 0.1) is 6.92 Å². The third-order valence-corrected chi connectivity index (χ3v) is 4.85. The lowest BCUT2D eigenvalue weighted by Gasteiger charge is -2.05. The highest BCUT2D eigenvalue weighted by atomic mass is 32.1. The van der Waals surface area contributed by atoms with Gasteiger partial charge in [-0.1, -0.05) is 6.07 Å². The summed E-state index contributed by atoms with van der Waals surface area (Å²) in [5.74, 6) is -0.870. The van der Waals surface area contributed by atoms with Crippen LogP contribution in [-0.2, 0) is 0 Å². The summed E-state index contributed by atoms with van der Waals surface area (Å²) in [6, 6.07) is 6.92. The van der Waals surface area contributed by atoms with Crippen LogP contribution in [0.15, 0.2) is 41.2 Å². The summed E-state index contributed by atoms with van der Waals surface area (Å²) in [5.41, 5.74) is 6.58. The van der Waals surface area contributed by atoms with Crippen LogP contribution in [-0.4, -0.2) is 21.8 Å². The minimum Gasteiger partial charge on any atom is -0.266 e. The van der Waals surface area contributed by atoms with Gasteiger partial charge in [0.25, 0.3) is 11.8 Å². The number of rotatable bonds is 3. The predicted molar refractivity (Wildman–Crippen MR) is 89.3 cm³/mol. The first-order valence-electron chi connectivity index (χ1n) is 6.67. The quantitative estimate of drug-likeness (QED) is 0.716. The van der Waals surface area contributed by atoms with E-state index in [4.69, 9.17) is 0 Å². The Bertz CT molecular complexity index is 829. The molecule has 3 aromatic heterocycles. The number of carbonyl (C=O) groups excluding carboxylic acids is 2. The van der Waals surface area contributed by atoms with Gasteiger partial charge in [-0.25, -0.2) is 4.98 Å². The molecule has 0 aliphatic rings. The number of thiophene rings is 1. The first-order valence-corrected chi connectivity index (χ1v) is 8.43. The number of amides is 2. The Morgan fingerprint density at radius 3 is 2.65 bits per heavy atom. The van der Waals surface area contributed by atoms with E-state index in [1.165, 1.54) is 17.5 Å². The average molecular weight is 344 g/mol. The second-order valence-electron chi connectivity index (χ2n) is 4.57. The van der Waals surface area contributed by atoms with Crippen molar-refractivity contribution < 1.29 is 9.59 Å². The van der Waals surface area contributed by atoms with Crippen LogP contribution in [0.2, 0.25) is 0 Å². The van der Waals surface area contributed by atoms with E-state index < -0.39 is 11.8 Å². The van der Waals surface area contributed by atoms with Gasteiger partial charge in [0.1, 0.15) is 15.6 Å². The zero-order valence-corrected chi connectivity index (χ0v) is 13.7. The minimum atomic E-state index is -0.473. The molecule has 23 heavy (non-hydrogen) atoms. The standard InChI is InChI=1S/C15H12N4O2S2/c1-9-12(23-15(17-9)10-5-7-22-8-10)14(21)19-18-13(20)11-4-2-3-6-16-11/h2-8H,1H3,(H,18,20)(H,19,21). The molecule has 0 fully saturated rings. The van der Waals surface area contributed by atoms with Crippen molar-refractivity contribution in [2.75, 3.05) is 0 Å². The van der Waals surface area contributed by atoms with Gasteiger partial charge in [-0.2, -0.15) is 11.3 Å². The van der Waals surface area contributed by atoms with Crippen molar-refractivity contribution in [3.05, 3.63) is 57.5 Å². The molecule has 0 aliphatic carbocycles. The van der Waals surface area contributed by atoms with Gasteiger partial charge in [0.15, 0.2) is 0 Å². The topological polar surface area (TPSA) is 84.0 Å². The van der Waals surface area contributed by atoms with E-state index in [0.717, 1.165) is 10.6 Å². The van der Waals surface area contributed by atoms with Crippen LogP contribution in [0.4, 0.5) is 0 Å². The Kier molecular flexibility index (Phi) is 4.45. The molecule has 116 valence electrons. The van der Waals surface area contributed by atoms with Gasteiger partial charge in [-0.3, -0.25) is 25.4 Å². The van der Waals surface area contributed by atoms with E-state index in [-0.39, 0.29) is 5.69 Å². The maximum atomic E-state index is 12.2. The molecule has 3 aromatic rings. The lowest BCUT2D eigenvalue weighted by atomic mass is 10.3.